The monoisotopic (exact) mass is 257 g/mol. The van der Waals surface area contributed by atoms with E-state index in [1.165, 1.54) is 0 Å². The molecule has 0 aliphatic heterocycles. The Morgan fingerprint density at radius 3 is 2.22 bits per heavy atom. The summed E-state index contributed by atoms with van der Waals surface area (Å²) in [5.41, 5.74) is 0. The lowest BCUT2D eigenvalue weighted by molar-refractivity contribution is -0.137. The van der Waals surface area contributed by atoms with E-state index in [0.29, 0.717) is 24.8 Å². The van der Waals surface area contributed by atoms with Gasteiger partial charge in [-0.1, -0.05) is 34.1 Å². The number of amides is 1. The normalized spacial score (nSPS) is 14.3. The minimum atomic E-state index is -0.745. The van der Waals surface area contributed by atoms with Crippen LogP contribution in [0.1, 0.15) is 53.4 Å². The molecule has 0 aliphatic carbocycles. The zero-order valence-corrected chi connectivity index (χ0v) is 12.0. The van der Waals surface area contributed by atoms with Crippen molar-refractivity contribution in [2.45, 2.75) is 53.4 Å². The number of carbonyl (C=O) groups is 2. The lowest BCUT2D eigenvalue weighted by atomic mass is 9.95. The first-order valence-corrected chi connectivity index (χ1v) is 6.87. The van der Waals surface area contributed by atoms with Gasteiger partial charge in [-0.2, -0.15) is 0 Å². The zero-order chi connectivity index (χ0) is 14.1. The third kappa shape index (κ3) is 7.30. The Morgan fingerprint density at radius 2 is 1.78 bits per heavy atom. The van der Waals surface area contributed by atoms with E-state index >= 15 is 0 Å². The molecule has 2 N–H and O–H groups in total. The van der Waals surface area contributed by atoms with Gasteiger partial charge in [0.1, 0.15) is 0 Å². The summed E-state index contributed by atoms with van der Waals surface area (Å²) in [5.74, 6) is 0.114. The lowest BCUT2D eigenvalue weighted by Crippen LogP contribution is -2.33. The molecular formula is C14H27NO3. The fourth-order valence-corrected chi connectivity index (χ4v) is 1.74. The zero-order valence-electron chi connectivity index (χ0n) is 12.0. The first-order valence-electron chi connectivity index (χ1n) is 6.87. The molecule has 2 atom stereocenters. The number of carboxylic acid groups (broad SMARTS) is 1. The van der Waals surface area contributed by atoms with Crippen molar-refractivity contribution in [2.24, 2.45) is 17.8 Å². The largest absolute Gasteiger partial charge is 0.481 e. The summed E-state index contributed by atoms with van der Waals surface area (Å²) in [6.45, 7) is 8.71. The van der Waals surface area contributed by atoms with Crippen LogP contribution in [0.5, 0.6) is 0 Å². The summed E-state index contributed by atoms with van der Waals surface area (Å²) in [6, 6.07) is 0. The maximum absolute atomic E-state index is 11.7. The number of nitrogens with one attached hydrogen (secondary N) is 1. The van der Waals surface area contributed by atoms with Crippen LogP contribution in [-0.4, -0.2) is 23.5 Å². The van der Waals surface area contributed by atoms with E-state index in [9.17, 15) is 9.59 Å². The highest BCUT2D eigenvalue weighted by Crippen LogP contribution is 2.15. The van der Waals surface area contributed by atoms with Crippen LogP contribution in [0.15, 0.2) is 0 Å². The molecule has 18 heavy (non-hydrogen) atoms. The molecule has 0 aromatic heterocycles. The molecule has 0 saturated carbocycles. The van der Waals surface area contributed by atoms with Gasteiger partial charge in [0.25, 0.3) is 0 Å². The van der Waals surface area contributed by atoms with E-state index in [2.05, 4.69) is 12.2 Å². The molecule has 0 aromatic rings. The molecule has 0 radical (unpaired) electrons. The second-order valence-electron chi connectivity index (χ2n) is 5.32. The van der Waals surface area contributed by atoms with Gasteiger partial charge in [-0.05, 0) is 24.7 Å². The fraction of sp³-hybridized carbons (Fsp3) is 0.857. The number of hydrogen-bond donors (Lipinski definition) is 2. The standard InChI is InChI=1S/C14H27NO3/c1-5-12(6-7-13(16)17)8-9-15-14(18)11(4)10(2)3/h10-12H,5-9H2,1-4H3,(H,15,18)(H,16,17). The Balaban J connectivity index is 3.86. The molecule has 0 spiro atoms. The van der Waals surface area contributed by atoms with Crippen LogP contribution in [0.3, 0.4) is 0 Å². The van der Waals surface area contributed by atoms with Crippen molar-refractivity contribution in [2.75, 3.05) is 6.54 Å². The number of rotatable bonds is 9. The summed E-state index contributed by atoms with van der Waals surface area (Å²) < 4.78 is 0. The molecule has 4 heteroatoms. The number of hydrogen-bond acceptors (Lipinski definition) is 2. The van der Waals surface area contributed by atoms with E-state index in [4.69, 9.17) is 5.11 Å². The van der Waals surface area contributed by atoms with Crippen LogP contribution >= 0.6 is 0 Å². The molecule has 0 saturated heterocycles. The van der Waals surface area contributed by atoms with E-state index in [1.807, 2.05) is 20.8 Å². The van der Waals surface area contributed by atoms with Crippen molar-refractivity contribution in [3.05, 3.63) is 0 Å². The van der Waals surface area contributed by atoms with Crippen LogP contribution in [-0.2, 0) is 9.59 Å². The topological polar surface area (TPSA) is 66.4 Å². The molecule has 106 valence electrons. The summed E-state index contributed by atoms with van der Waals surface area (Å²) in [7, 11) is 0. The first-order chi connectivity index (χ1) is 8.38. The molecule has 0 aromatic carbocycles. The average Bonchev–Trinajstić information content (AvgIpc) is 2.31. The SMILES string of the molecule is CCC(CCNC(=O)C(C)C(C)C)CCC(=O)O. The second-order valence-corrected chi connectivity index (χ2v) is 5.32. The Morgan fingerprint density at radius 1 is 1.17 bits per heavy atom. The quantitative estimate of drug-likeness (QED) is 0.667. The van der Waals surface area contributed by atoms with Crippen LogP contribution in [0, 0.1) is 17.8 Å². The Labute approximate surface area is 110 Å². The maximum atomic E-state index is 11.7. The molecule has 0 fully saturated rings. The van der Waals surface area contributed by atoms with Gasteiger partial charge < -0.3 is 10.4 Å². The van der Waals surface area contributed by atoms with Crippen LogP contribution in [0.4, 0.5) is 0 Å². The third-order valence-corrected chi connectivity index (χ3v) is 3.61. The first kappa shape index (κ1) is 16.9. The van der Waals surface area contributed by atoms with Gasteiger partial charge in [0.15, 0.2) is 0 Å². The van der Waals surface area contributed by atoms with Crippen molar-refractivity contribution in [3.8, 4) is 0 Å². The van der Waals surface area contributed by atoms with Crippen molar-refractivity contribution in [3.63, 3.8) is 0 Å². The van der Waals surface area contributed by atoms with Gasteiger partial charge in [0.05, 0.1) is 0 Å². The van der Waals surface area contributed by atoms with E-state index in [1.54, 1.807) is 0 Å². The minimum Gasteiger partial charge on any atom is -0.481 e. The predicted octanol–water partition coefficient (Wildman–Crippen LogP) is 2.68. The Kier molecular flexibility index (Phi) is 8.42. The van der Waals surface area contributed by atoms with Gasteiger partial charge >= 0.3 is 5.97 Å². The van der Waals surface area contributed by atoms with Crippen LogP contribution in [0.2, 0.25) is 0 Å². The third-order valence-electron chi connectivity index (χ3n) is 3.61. The predicted molar refractivity (Wildman–Crippen MR) is 72.3 cm³/mol. The minimum absolute atomic E-state index is 0.0316. The summed E-state index contributed by atoms with van der Waals surface area (Å²) >= 11 is 0. The van der Waals surface area contributed by atoms with E-state index in [0.717, 1.165) is 12.8 Å². The van der Waals surface area contributed by atoms with Crippen molar-refractivity contribution >= 4 is 11.9 Å². The molecule has 2 unspecified atom stereocenters. The second kappa shape index (κ2) is 8.95. The Bertz CT molecular complexity index is 264. The number of aliphatic carboxylic acids is 1. The molecule has 4 nitrogen and oxygen atoms in total. The lowest BCUT2D eigenvalue weighted by Gasteiger charge is -2.17. The summed E-state index contributed by atoms with van der Waals surface area (Å²) in [6.07, 6.45) is 2.74. The fourth-order valence-electron chi connectivity index (χ4n) is 1.74. The molecule has 0 aliphatic rings. The molecule has 0 rings (SSSR count). The van der Waals surface area contributed by atoms with Crippen molar-refractivity contribution in [1.82, 2.24) is 5.32 Å². The average molecular weight is 257 g/mol. The van der Waals surface area contributed by atoms with Crippen molar-refractivity contribution in [1.29, 1.82) is 0 Å². The summed E-state index contributed by atoms with van der Waals surface area (Å²) in [5, 5.41) is 11.6. The smallest absolute Gasteiger partial charge is 0.303 e. The highest BCUT2D eigenvalue weighted by molar-refractivity contribution is 5.78. The van der Waals surface area contributed by atoms with Gasteiger partial charge in [-0.15, -0.1) is 0 Å². The number of carbonyl (C=O) groups excluding carboxylic acids is 1. The highest BCUT2D eigenvalue weighted by atomic mass is 16.4. The van der Waals surface area contributed by atoms with E-state index < -0.39 is 5.97 Å². The highest BCUT2D eigenvalue weighted by Gasteiger charge is 2.16. The molecule has 0 heterocycles. The van der Waals surface area contributed by atoms with Gasteiger partial charge in [-0.3, -0.25) is 9.59 Å². The van der Waals surface area contributed by atoms with Gasteiger partial charge in [0, 0.05) is 18.9 Å². The summed E-state index contributed by atoms with van der Waals surface area (Å²) in [4.78, 5) is 22.2. The van der Waals surface area contributed by atoms with Gasteiger partial charge in [0.2, 0.25) is 5.91 Å². The van der Waals surface area contributed by atoms with Gasteiger partial charge in [-0.25, -0.2) is 0 Å². The Hall–Kier alpha value is -1.06. The maximum Gasteiger partial charge on any atom is 0.303 e. The molecular weight excluding hydrogens is 230 g/mol. The van der Waals surface area contributed by atoms with E-state index in [-0.39, 0.29) is 18.2 Å². The molecule has 1 amide bonds. The molecule has 0 bridgehead atoms. The van der Waals surface area contributed by atoms with Crippen LogP contribution < -0.4 is 5.32 Å². The number of carboxylic acids is 1. The van der Waals surface area contributed by atoms with Crippen molar-refractivity contribution < 1.29 is 14.7 Å². The van der Waals surface area contributed by atoms with Crippen LogP contribution in [0.25, 0.3) is 0 Å².